The lowest BCUT2D eigenvalue weighted by molar-refractivity contribution is 0.177. The van der Waals surface area contributed by atoms with Crippen molar-refractivity contribution >= 4 is 15.9 Å². The molecule has 0 bridgehead atoms. The van der Waals surface area contributed by atoms with Gasteiger partial charge < -0.3 is 10.1 Å². The molecule has 1 aromatic heterocycles. The van der Waals surface area contributed by atoms with E-state index in [1.165, 1.54) is 31.4 Å². The van der Waals surface area contributed by atoms with Crippen LogP contribution in [0.15, 0.2) is 10.7 Å². The van der Waals surface area contributed by atoms with Gasteiger partial charge in [-0.2, -0.15) is 5.10 Å². The minimum atomic E-state index is 0.385. The van der Waals surface area contributed by atoms with Gasteiger partial charge in [-0.15, -0.1) is 0 Å². The van der Waals surface area contributed by atoms with Gasteiger partial charge in [-0.1, -0.05) is 26.7 Å². The third kappa shape index (κ3) is 4.30. The zero-order valence-corrected chi connectivity index (χ0v) is 15.0. The number of hydrogen-bond donors (Lipinski definition) is 1. The number of ether oxygens (including phenoxy) is 1. The van der Waals surface area contributed by atoms with Crippen molar-refractivity contribution in [2.24, 2.45) is 11.8 Å². The molecule has 1 unspecified atom stereocenters. The van der Waals surface area contributed by atoms with Gasteiger partial charge in [0.1, 0.15) is 0 Å². The average Bonchev–Trinajstić information content (AvgIpc) is 2.84. The maximum Gasteiger partial charge on any atom is 0.0699 e. The van der Waals surface area contributed by atoms with E-state index in [1.807, 2.05) is 6.20 Å². The summed E-state index contributed by atoms with van der Waals surface area (Å²) in [5.41, 5.74) is 1.29. The highest BCUT2D eigenvalue weighted by Gasteiger charge is 2.30. The molecule has 1 fully saturated rings. The van der Waals surface area contributed by atoms with Gasteiger partial charge in [-0.3, -0.25) is 4.68 Å². The Bertz CT molecular complexity index is 427. The van der Waals surface area contributed by atoms with Crippen molar-refractivity contribution in [2.45, 2.75) is 52.1 Å². The predicted molar refractivity (Wildman–Crippen MR) is 89.3 cm³/mol. The first-order chi connectivity index (χ1) is 10.2. The zero-order chi connectivity index (χ0) is 15.2. The number of nitrogens with zero attached hydrogens (tertiary/aromatic N) is 2. The van der Waals surface area contributed by atoms with Crippen LogP contribution in [0.3, 0.4) is 0 Å². The van der Waals surface area contributed by atoms with E-state index >= 15 is 0 Å². The molecule has 1 heterocycles. The molecule has 4 nitrogen and oxygen atoms in total. The molecule has 0 spiro atoms. The van der Waals surface area contributed by atoms with Gasteiger partial charge in [-0.05, 0) is 47.2 Å². The van der Waals surface area contributed by atoms with Crippen molar-refractivity contribution in [1.82, 2.24) is 15.1 Å². The van der Waals surface area contributed by atoms with Gasteiger partial charge in [0.15, 0.2) is 0 Å². The molecule has 1 N–H and O–H groups in total. The van der Waals surface area contributed by atoms with Crippen molar-refractivity contribution in [2.75, 3.05) is 20.3 Å². The minimum absolute atomic E-state index is 0.385. The molecule has 0 saturated heterocycles. The van der Waals surface area contributed by atoms with Crippen LogP contribution in [0.2, 0.25) is 0 Å². The summed E-state index contributed by atoms with van der Waals surface area (Å²) in [7, 11) is 1.74. The Morgan fingerprint density at radius 1 is 1.43 bits per heavy atom. The Balaban J connectivity index is 2.19. The van der Waals surface area contributed by atoms with Crippen LogP contribution in [-0.4, -0.2) is 30.0 Å². The average molecular weight is 358 g/mol. The van der Waals surface area contributed by atoms with Gasteiger partial charge in [0.05, 0.1) is 35.6 Å². The third-order valence-electron chi connectivity index (χ3n) is 4.59. The molecule has 0 aromatic carbocycles. The molecule has 2 rings (SSSR count). The van der Waals surface area contributed by atoms with Crippen LogP contribution in [0.4, 0.5) is 0 Å². The van der Waals surface area contributed by atoms with E-state index in [2.05, 4.69) is 44.9 Å². The fourth-order valence-corrected chi connectivity index (χ4v) is 3.91. The van der Waals surface area contributed by atoms with Crippen LogP contribution in [-0.2, 0) is 11.3 Å². The maximum atomic E-state index is 5.21. The highest BCUT2D eigenvalue weighted by molar-refractivity contribution is 9.10. The second kappa shape index (κ2) is 8.30. The van der Waals surface area contributed by atoms with E-state index < -0.39 is 0 Å². The molecule has 1 aliphatic rings. The van der Waals surface area contributed by atoms with Crippen molar-refractivity contribution in [3.63, 3.8) is 0 Å². The van der Waals surface area contributed by atoms with E-state index in [1.54, 1.807) is 7.11 Å². The highest BCUT2D eigenvalue weighted by Crippen LogP contribution is 2.38. The van der Waals surface area contributed by atoms with Gasteiger partial charge in [-0.25, -0.2) is 0 Å². The minimum Gasteiger partial charge on any atom is -0.383 e. The molecule has 1 aromatic rings. The molecule has 1 saturated carbocycles. The summed E-state index contributed by atoms with van der Waals surface area (Å²) in [6.45, 7) is 7.04. The summed E-state index contributed by atoms with van der Waals surface area (Å²) in [4.78, 5) is 0. The number of nitrogens with one attached hydrogen (secondary N) is 1. The van der Waals surface area contributed by atoms with Gasteiger partial charge in [0.25, 0.3) is 0 Å². The Kier molecular flexibility index (Phi) is 6.71. The second-order valence-electron chi connectivity index (χ2n) is 6.15. The molecule has 0 aliphatic heterocycles. The number of aromatic nitrogens is 2. The first-order valence-electron chi connectivity index (χ1n) is 8.10. The Morgan fingerprint density at radius 2 is 2.14 bits per heavy atom. The molecule has 5 heteroatoms. The fraction of sp³-hybridized carbons (Fsp3) is 0.812. The summed E-state index contributed by atoms with van der Waals surface area (Å²) < 4.78 is 8.42. The van der Waals surface area contributed by atoms with Crippen LogP contribution in [0.1, 0.15) is 51.3 Å². The number of hydrogen-bond acceptors (Lipinski definition) is 3. The van der Waals surface area contributed by atoms with Crippen molar-refractivity contribution in [1.29, 1.82) is 0 Å². The van der Waals surface area contributed by atoms with Crippen molar-refractivity contribution in [3.8, 4) is 0 Å². The van der Waals surface area contributed by atoms with E-state index in [-0.39, 0.29) is 0 Å². The number of rotatable bonds is 7. The highest BCUT2D eigenvalue weighted by atomic mass is 79.9. The first-order valence-corrected chi connectivity index (χ1v) is 8.90. The van der Waals surface area contributed by atoms with E-state index in [0.717, 1.165) is 23.5 Å². The van der Waals surface area contributed by atoms with Crippen LogP contribution in [0, 0.1) is 11.8 Å². The summed E-state index contributed by atoms with van der Waals surface area (Å²) >= 11 is 3.69. The van der Waals surface area contributed by atoms with E-state index in [9.17, 15) is 0 Å². The largest absolute Gasteiger partial charge is 0.383 e. The van der Waals surface area contributed by atoms with Crippen molar-refractivity contribution in [3.05, 3.63) is 16.4 Å². The molecule has 0 radical (unpaired) electrons. The SMILES string of the molecule is CCNC(c1c(Br)cnn1CCOC)C1CCC(C)CC1. The lowest BCUT2D eigenvalue weighted by atomic mass is 9.78. The first kappa shape index (κ1) is 17.0. The molecule has 1 atom stereocenters. The summed E-state index contributed by atoms with van der Waals surface area (Å²) in [6, 6.07) is 0.385. The molecule has 1 aliphatic carbocycles. The second-order valence-corrected chi connectivity index (χ2v) is 7.00. The van der Waals surface area contributed by atoms with Crippen LogP contribution in [0.25, 0.3) is 0 Å². The molecule has 0 amide bonds. The quantitative estimate of drug-likeness (QED) is 0.807. The Hall–Kier alpha value is -0.390. The Morgan fingerprint density at radius 3 is 2.76 bits per heavy atom. The third-order valence-corrected chi connectivity index (χ3v) is 5.20. The summed E-state index contributed by atoms with van der Waals surface area (Å²) in [6.07, 6.45) is 7.22. The monoisotopic (exact) mass is 357 g/mol. The smallest absolute Gasteiger partial charge is 0.0699 e. The van der Waals surface area contributed by atoms with Gasteiger partial charge in [0.2, 0.25) is 0 Å². The van der Waals surface area contributed by atoms with Crippen LogP contribution in [0.5, 0.6) is 0 Å². The topological polar surface area (TPSA) is 39.1 Å². The standard InChI is InChI=1S/C16H28BrN3O/c1-4-18-15(13-7-5-12(2)6-8-13)16-14(17)11-19-20(16)9-10-21-3/h11-13,15,18H,4-10H2,1-3H3. The molecule has 120 valence electrons. The lowest BCUT2D eigenvalue weighted by Gasteiger charge is -2.33. The maximum absolute atomic E-state index is 5.21. The molecule has 21 heavy (non-hydrogen) atoms. The number of halogens is 1. The van der Waals surface area contributed by atoms with Crippen molar-refractivity contribution < 1.29 is 4.74 Å². The zero-order valence-electron chi connectivity index (χ0n) is 13.4. The molecular weight excluding hydrogens is 330 g/mol. The van der Waals surface area contributed by atoms with E-state index in [0.29, 0.717) is 18.6 Å². The predicted octanol–water partition coefficient (Wildman–Crippen LogP) is 3.77. The van der Waals surface area contributed by atoms with Crippen LogP contribution < -0.4 is 5.32 Å². The van der Waals surface area contributed by atoms with Gasteiger partial charge >= 0.3 is 0 Å². The van der Waals surface area contributed by atoms with Crippen LogP contribution >= 0.6 is 15.9 Å². The lowest BCUT2D eigenvalue weighted by Crippen LogP contribution is -2.33. The summed E-state index contributed by atoms with van der Waals surface area (Å²) in [5, 5.41) is 8.21. The molecular formula is C16H28BrN3O. The summed E-state index contributed by atoms with van der Waals surface area (Å²) in [5.74, 6) is 1.58. The van der Waals surface area contributed by atoms with E-state index in [4.69, 9.17) is 4.74 Å². The number of methoxy groups -OCH3 is 1. The normalized spacial score (nSPS) is 24.2. The Labute approximate surface area is 136 Å². The van der Waals surface area contributed by atoms with Gasteiger partial charge in [0, 0.05) is 7.11 Å². The fourth-order valence-electron chi connectivity index (χ4n) is 3.36.